The summed E-state index contributed by atoms with van der Waals surface area (Å²) in [6.45, 7) is 1.71. The molecule has 0 amide bonds. The fraction of sp³-hybridized carbons (Fsp3) is 0.583. The number of piperidine rings is 1. The van der Waals surface area contributed by atoms with Crippen molar-refractivity contribution in [2.24, 2.45) is 0 Å². The van der Waals surface area contributed by atoms with E-state index in [1.54, 1.807) is 18.5 Å². The van der Waals surface area contributed by atoms with Gasteiger partial charge in [-0.05, 0) is 18.9 Å². The molecule has 0 aliphatic carbocycles. The quantitative estimate of drug-likeness (QED) is 0.777. The molecule has 0 bridgehead atoms. The summed E-state index contributed by atoms with van der Waals surface area (Å²) in [5.41, 5.74) is 0.782. The lowest BCUT2D eigenvalue weighted by atomic mass is 10.1. The van der Waals surface area contributed by atoms with Gasteiger partial charge in [0.1, 0.15) is 0 Å². The molecule has 0 spiro atoms. The van der Waals surface area contributed by atoms with E-state index < -0.39 is 16.3 Å². The van der Waals surface area contributed by atoms with Gasteiger partial charge in [-0.3, -0.25) is 9.88 Å². The summed E-state index contributed by atoms with van der Waals surface area (Å²) >= 11 is 0. The normalized spacial score (nSPS) is 19.6. The molecule has 1 aliphatic heterocycles. The van der Waals surface area contributed by atoms with E-state index in [9.17, 15) is 8.42 Å². The maximum atomic E-state index is 11.4. The summed E-state index contributed by atoms with van der Waals surface area (Å²) in [5.74, 6) is 0. The van der Waals surface area contributed by atoms with Crippen molar-refractivity contribution in [1.82, 2.24) is 9.88 Å². The van der Waals surface area contributed by atoms with Gasteiger partial charge in [0.25, 0.3) is 10.1 Å². The molecular formula is C12H18N2O3S. The van der Waals surface area contributed by atoms with Crippen LogP contribution < -0.4 is 0 Å². The third kappa shape index (κ3) is 3.76. The minimum atomic E-state index is -3.49. The predicted octanol–water partition coefficient (Wildman–Crippen LogP) is 1.54. The molecule has 1 atom stereocenters. The Hall–Kier alpha value is -0.980. The van der Waals surface area contributed by atoms with Crippen LogP contribution in [0.5, 0.6) is 0 Å². The van der Waals surface area contributed by atoms with Gasteiger partial charge in [0.05, 0.1) is 6.26 Å². The van der Waals surface area contributed by atoms with Gasteiger partial charge in [-0.25, -0.2) is 4.18 Å². The van der Waals surface area contributed by atoms with E-state index in [1.165, 1.54) is 6.42 Å². The zero-order valence-corrected chi connectivity index (χ0v) is 11.3. The summed E-state index contributed by atoms with van der Waals surface area (Å²) in [6, 6.07) is 3.63. The number of pyridine rings is 1. The first-order chi connectivity index (χ1) is 8.56. The Bertz CT molecular complexity index is 469. The zero-order chi connectivity index (χ0) is 13.0. The molecule has 6 heteroatoms. The highest BCUT2D eigenvalue weighted by atomic mass is 32.2. The second-order valence-corrected chi connectivity index (χ2v) is 6.14. The van der Waals surface area contributed by atoms with Gasteiger partial charge < -0.3 is 0 Å². The lowest BCUT2D eigenvalue weighted by Crippen LogP contribution is -2.36. The van der Waals surface area contributed by atoms with Crippen molar-refractivity contribution in [2.75, 3.05) is 19.3 Å². The molecule has 100 valence electrons. The maximum absolute atomic E-state index is 11.4. The van der Waals surface area contributed by atoms with Crippen molar-refractivity contribution in [1.29, 1.82) is 0 Å². The van der Waals surface area contributed by atoms with Crippen LogP contribution in [0, 0.1) is 0 Å². The number of hydrogen-bond donors (Lipinski definition) is 0. The van der Waals surface area contributed by atoms with Gasteiger partial charge in [0, 0.05) is 31.0 Å². The number of rotatable bonds is 4. The Balaban J connectivity index is 2.22. The molecule has 1 fully saturated rings. The molecule has 0 N–H and O–H groups in total. The summed E-state index contributed by atoms with van der Waals surface area (Å²) in [6.07, 6.45) is 7.19. The second-order valence-electron chi connectivity index (χ2n) is 4.54. The van der Waals surface area contributed by atoms with Gasteiger partial charge in [0.2, 0.25) is 0 Å². The lowest BCUT2D eigenvalue weighted by Gasteiger charge is -2.33. The van der Waals surface area contributed by atoms with E-state index in [-0.39, 0.29) is 0 Å². The van der Waals surface area contributed by atoms with E-state index in [2.05, 4.69) is 9.88 Å². The third-order valence-electron chi connectivity index (χ3n) is 2.96. The number of hydrogen-bond acceptors (Lipinski definition) is 5. The molecule has 1 unspecified atom stereocenters. The Kier molecular flexibility index (Phi) is 4.31. The van der Waals surface area contributed by atoms with Crippen molar-refractivity contribution in [3.05, 3.63) is 30.1 Å². The first-order valence-electron chi connectivity index (χ1n) is 6.08. The zero-order valence-electron chi connectivity index (χ0n) is 10.4. The van der Waals surface area contributed by atoms with Gasteiger partial charge in [-0.15, -0.1) is 0 Å². The molecule has 0 aromatic carbocycles. The average Bonchev–Trinajstić information content (AvgIpc) is 2.37. The van der Waals surface area contributed by atoms with Crippen LogP contribution in [-0.4, -0.2) is 37.6 Å². The summed E-state index contributed by atoms with van der Waals surface area (Å²) in [7, 11) is -3.49. The van der Waals surface area contributed by atoms with E-state index in [4.69, 9.17) is 4.18 Å². The molecule has 2 rings (SSSR count). The first-order valence-corrected chi connectivity index (χ1v) is 7.90. The molecule has 1 aromatic heterocycles. The van der Waals surface area contributed by atoms with E-state index in [1.807, 2.05) is 6.07 Å². The van der Waals surface area contributed by atoms with Crippen LogP contribution in [0.4, 0.5) is 0 Å². The molecule has 5 nitrogen and oxygen atoms in total. The summed E-state index contributed by atoms with van der Waals surface area (Å²) < 4.78 is 28.0. The van der Waals surface area contributed by atoms with Crippen molar-refractivity contribution >= 4 is 10.1 Å². The topological polar surface area (TPSA) is 59.5 Å². The van der Waals surface area contributed by atoms with Crippen LogP contribution in [0.3, 0.4) is 0 Å². The molecule has 18 heavy (non-hydrogen) atoms. The molecule has 1 aliphatic rings. The SMILES string of the molecule is CS(=O)(=O)OC(c1cccnc1)N1CCCCC1. The van der Waals surface area contributed by atoms with Crippen molar-refractivity contribution in [3.8, 4) is 0 Å². The van der Waals surface area contributed by atoms with Gasteiger partial charge in [0.15, 0.2) is 6.23 Å². The Morgan fingerprint density at radius 1 is 1.33 bits per heavy atom. The average molecular weight is 270 g/mol. The van der Waals surface area contributed by atoms with E-state index >= 15 is 0 Å². The highest BCUT2D eigenvalue weighted by Gasteiger charge is 2.26. The Morgan fingerprint density at radius 2 is 2.06 bits per heavy atom. The number of aromatic nitrogens is 1. The van der Waals surface area contributed by atoms with E-state index in [0.717, 1.165) is 37.8 Å². The highest BCUT2D eigenvalue weighted by molar-refractivity contribution is 7.86. The first kappa shape index (κ1) is 13.5. The fourth-order valence-corrected chi connectivity index (χ4v) is 2.73. The monoisotopic (exact) mass is 270 g/mol. The predicted molar refractivity (Wildman–Crippen MR) is 68.3 cm³/mol. The maximum Gasteiger partial charge on any atom is 0.266 e. The van der Waals surface area contributed by atoms with E-state index in [0.29, 0.717) is 0 Å². The minimum Gasteiger partial charge on any atom is -0.273 e. The van der Waals surface area contributed by atoms with Crippen LogP contribution in [-0.2, 0) is 14.3 Å². The minimum absolute atomic E-state index is 0.547. The molecule has 0 radical (unpaired) electrons. The second kappa shape index (κ2) is 5.77. The van der Waals surface area contributed by atoms with Crippen LogP contribution in [0.1, 0.15) is 31.1 Å². The van der Waals surface area contributed by atoms with Crippen LogP contribution in [0.2, 0.25) is 0 Å². The Morgan fingerprint density at radius 3 is 2.61 bits per heavy atom. The largest absolute Gasteiger partial charge is 0.273 e. The van der Waals surface area contributed by atoms with Crippen LogP contribution >= 0.6 is 0 Å². The van der Waals surface area contributed by atoms with Gasteiger partial charge in [-0.2, -0.15) is 8.42 Å². The molecule has 0 saturated carbocycles. The van der Waals surface area contributed by atoms with Crippen molar-refractivity contribution in [2.45, 2.75) is 25.5 Å². The number of likely N-dealkylation sites (tertiary alicyclic amines) is 1. The molecule has 1 aromatic rings. The van der Waals surface area contributed by atoms with Crippen molar-refractivity contribution < 1.29 is 12.6 Å². The summed E-state index contributed by atoms with van der Waals surface area (Å²) in [5, 5.41) is 0. The van der Waals surface area contributed by atoms with Gasteiger partial charge >= 0.3 is 0 Å². The van der Waals surface area contributed by atoms with Crippen molar-refractivity contribution in [3.63, 3.8) is 0 Å². The summed E-state index contributed by atoms with van der Waals surface area (Å²) in [4.78, 5) is 6.09. The standard InChI is InChI=1S/C12H18N2O3S/c1-18(15,16)17-12(11-6-5-7-13-10-11)14-8-3-2-4-9-14/h5-7,10,12H,2-4,8-9H2,1H3. The highest BCUT2D eigenvalue weighted by Crippen LogP contribution is 2.26. The van der Waals surface area contributed by atoms with Crippen LogP contribution in [0.25, 0.3) is 0 Å². The fourth-order valence-electron chi connectivity index (χ4n) is 2.17. The Labute approximate surface area is 108 Å². The molecule has 1 saturated heterocycles. The lowest BCUT2D eigenvalue weighted by molar-refractivity contribution is 0.0160. The van der Waals surface area contributed by atoms with Crippen LogP contribution in [0.15, 0.2) is 24.5 Å². The molecular weight excluding hydrogens is 252 g/mol. The van der Waals surface area contributed by atoms with Gasteiger partial charge in [-0.1, -0.05) is 12.5 Å². The molecule has 2 heterocycles. The third-order valence-corrected chi connectivity index (χ3v) is 3.49. The smallest absolute Gasteiger partial charge is 0.266 e. The number of nitrogens with zero attached hydrogens (tertiary/aromatic N) is 2.